The highest BCUT2D eigenvalue weighted by Gasteiger charge is 2.30. The van der Waals surface area contributed by atoms with Crippen LogP contribution in [0.1, 0.15) is 29.9 Å². The van der Waals surface area contributed by atoms with E-state index in [0.29, 0.717) is 17.7 Å². The van der Waals surface area contributed by atoms with Crippen molar-refractivity contribution in [3.63, 3.8) is 0 Å². The molecule has 20 heavy (non-hydrogen) atoms. The number of aromatic hydroxyl groups is 1. The first-order valence-corrected chi connectivity index (χ1v) is 7.73. The highest BCUT2D eigenvalue weighted by Crippen LogP contribution is 2.39. The third kappa shape index (κ3) is 2.83. The first-order chi connectivity index (χ1) is 9.61. The second-order valence-corrected chi connectivity index (χ2v) is 6.48. The number of benzene rings is 2. The molecule has 0 aliphatic heterocycles. The van der Waals surface area contributed by atoms with Gasteiger partial charge in [-0.15, -0.1) is 0 Å². The van der Waals surface area contributed by atoms with Gasteiger partial charge in [0.1, 0.15) is 5.75 Å². The summed E-state index contributed by atoms with van der Waals surface area (Å²) in [7, 11) is 0. The van der Waals surface area contributed by atoms with Gasteiger partial charge < -0.3 is 10.4 Å². The standard InChI is InChI=1S/C17H18BrNO/c1-11-2-7-15(10-17(11)20)19-16-8-13(9-16)12-3-5-14(18)6-4-12/h2-7,10,13,16,19-20H,8-9H2,1H3. The molecule has 0 heterocycles. The van der Waals surface area contributed by atoms with E-state index in [0.717, 1.165) is 28.6 Å². The van der Waals surface area contributed by atoms with Gasteiger partial charge >= 0.3 is 0 Å². The number of phenols is 1. The zero-order chi connectivity index (χ0) is 14.1. The zero-order valence-corrected chi connectivity index (χ0v) is 13.0. The molecule has 3 heteroatoms. The van der Waals surface area contributed by atoms with Crippen LogP contribution in [0.2, 0.25) is 0 Å². The highest BCUT2D eigenvalue weighted by molar-refractivity contribution is 9.10. The Bertz CT molecular complexity index is 603. The minimum Gasteiger partial charge on any atom is -0.508 e. The number of aryl methyl sites for hydroxylation is 1. The Balaban J connectivity index is 1.58. The van der Waals surface area contributed by atoms with Gasteiger partial charge in [-0.1, -0.05) is 34.1 Å². The maximum Gasteiger partial charge on any atom is 0.120 e. The molecule has 3 rings (SSSR count). The summed E-state index contributed by atoms with van der Waals surface area (Å²) >= 11 is 3.47. The molecule has 104 valence electrons. The lowest BCUT2D eigenvalue weighted by atomic mass is 9.76. The third-order valence-electron chi connectivity index (χ3n) is 4.06. The van der Waals surface area contributed by atoms with E-state index in [1.54, 1.807) is 0 Å². The molecule has 0 aromatic heterocycles. The molecule has 2 nitrogen and oxygen atoms in total. The number of halogens is 1. The van der Waals surface area contributed by atoms with Crippen LogP contribution in [0.15, 0.2) is 46.9 Å². The Morgan fingerprint density at radius 3 is 2.45 bits per heavy atom. The lowest BCUT2D eigenvalue weighted by Gasteiger charge is -2.37. The topological polar surface area (TPSA) is 32.3 Å². The van der Waals surface area contributed by atoms with Crippen molar-refractivity contribution in [3.05, 3.63) is 58.1 Å². The van der Waals surface area contributed by atoms with E-state index in [4.69, 9.17) is 0 Å². The van der Waals surface area contributed by atoms with E-state index in [-0.39, 0.29) is 0 Å². The van der Waals surface area contributed by atoms with E-state index >= 15 is 0 Å². The fourth-order valence-corrected chi connectivity index (χ4v) is 2.94. The second kappa shape index (κ2) is 5.49. The largest absolute Gasteiger partial charge is 0.508 e. The summed E-state index contributed by atoms with van der Waals surface area (Å²) in [6.45, 7) is 1.91. The fourth-order valence-electron chi connectivity index (χ4n) is 2.68. The van der Waals surface area contributed by atoms with Crippen LogP contribution in [0.3, 0.4) is 0 Å². The van der Waals surface area contributed by atoms with Crippen LogP contribution in [0.4, 0.5) is 5.69 Å². The van der Waals surface area contributed by atoms with Gasteiger partial charge in [0.15, 0.2) is 0 Å². The molecule has 0 saturated heterocycles. The summed E-state index contributed by atoms with van der Waals surface area (Å²) in [5.41, 5.74) is 3.34. The number of rotatable bonds is 3. The monoisotopic (exact) mass is 331 g/mol. The third-order valence-corrected chi connectivity index (χ3v) is 4.59. The van der Waals surface area contributed by atoms with Crippen LogP contribution in [0.25, 0.3) is 0 Å². The molecule has 2 aromatic rings. The average Bonchev–Trinajstić information content (AvgIpc) is 2.39. The number of hydrogen-bond donors (Lipinski definition) is 2. The van der Waals surface area contributed by atoms with Crippen LogP contribution in [0.5, 0.6) is 5.75 Å². The first-order valence-electron chi connectivity index (χ1n) is 6.93. The fraction of sp³-hybridized carbons (Fsp3) is 0.294. The molecule has 0 radical (unpaired) electrons. The Labute approximate surface area is 128 Å². The van der Waals surface area contributed by atoms with Crippen molar-refractivity contribution in [1.29, 1.82) is 0 Å². The van der Waals surface area contributed by atoms with Crippen molar-refractivity contribution in [2.45, 2.75) is 31.7 Å². The predicted molar refractivity (Wildman–Crippen MR) is 86.4 cm³/mol. The average molecular weight is 332 g/mol. The van der Waals surface area contributed by atoms with Gasteiger partial charge in [0.05, 0.1) is 0 Å². The lowest BCUT2D eigenvalue weighted by molar-refractivity contribution is 0.374. The molecular weight excluding hydrogens is 314 g/mol. The molecular formula is C17H18BrNO. The number of nitrogens with one attached hydrogen (secondary N) is 1. The van der Waals surface area contributed by atoms with Crippen LogP contribution in [-0.2, 0) is 0 Å². The smallest absolute Gasteiger partial charge is 0.120 e. The van der Waals surface area contributed by atoms with E-state index in [1.807, 2.05) is 25.1 Å². The van der Waals surface area contributed by atoms with Gasteiger partial charge in [-0.05, 0) is 55.0 Å². The SMILES string of the molecule is Cc1ccc(NC2CC(c3ccc(Br)cc3)C2)cc1O. The van der Waals surface area contributed by atoms with E-state index in [9.17, 15) is 5.11 Å². The normalized spacial score (nSPS) is 21.3. The first kappa shape index (κ1) is 13.5. The van der Waals surface area contributed by atoms with Crippen molar-refractivity contribution >= 4 is 21.6 Å². The molecule has 1 saturated carbocycles. The number of anilines is 1. The van der Waals surface area contributed by atoms with Crippen molar-refractivity contribution in [3.8, 4) is 5.75 Å². The number of phenolic OH excluding ortho intramolecular Hbond substituents is 1. The Kier molecular flexibility index (Phi) is 3.70. The van der Waals surface area contributed by atoms with E-state index < -0.39 is 0 Å². The molecule has 1 fully saturated rings. The molecule has 0 amide bonds. The molecule has 0 unspecified atom stereocenters. The summed E-state index contributed by atoms with van der Waals surface area (Å²) in [6, 6.07) is 14.9. The van der Waals surface area contributed by atoms with Gasteiger partial charge in [-0.2, -0.15) is 0 Å². The second-order valence-electron chi connectivity index (χ2n) is 5.56. The Hall–Kier alpha value is -1.48. The van der Waals surface area contributed by atoms with Crippen molar-refractivity contribution < 1.29 is 5.11 Å². The van der Waals surface area contributed by atoms with Crippen LogP contribution >= 0.6 is 15.9 Å². The molecule has 0 bridgehead atoms. The minimum atomic E-state index is 0.360. The summed E-state index contributed by atoms with van der Waals surface area (Å²) in [5, 5.41) is 13.2. The van der Waals surface area contributed by atoms with Crippen LogP contribution < -0.4 is 5.32 Å². The van der Waals surface area contributed by atoms with Gasteiger partial charge in [0.2, 0.25) is 0 Å². The van der Waals surface area contributed by atoms with Crippen molar-refractivity contribution in [2.24, 2.45) is 0 Å². The Morgan fingerprint density at radius 1 is 1.10 bits per heavy atom. The van der Waals surface area contributed by atoms with E-state index in [2.05, 4.69) is 45.5 Å². The summed E-state index contributed by atoms with van der Waals surface area (Å²) in [5.74, 6) is 1.01. The minimum absolute atomic E-state index is 0.360. The molecule has 2 aromatic carbocycles. The molecule has 0 spiro atoms. The summed E-state index contributed by atoms with van der Waals surface area (Å²) in [4.78, 5) is 0. The molecule has 2 N–H and O–H groups in total. The van der Waals surface area contributed by atoms with Gasteiger partial charge in [-0.3, -0.25) is 0 Å². The Morgan fingerprint density at radius 2 is 1.80 bits per heavy atom. The zero-order valence-electron chi connectivity index (χ0n) is 11.4. The van der Waals surface area contributed by atoms with Gasteiger partial charge in [-0.25, -0.2) is 0 Å². The van der Waals surface area contributed by atoms with Crippen LogP contribution in [0, 0.1) is 6.92 Å². The van der Waals surface area contributed by atoms with Gasteiger partial charge in [0, 0.05) is 22.3 Å². The predicted octanol–water partition coefficient (Wildman–Crippen LogP) is 4.82. The van der Waals surface area contributed by atoms with Crippen molar-refractivity contribution in [1.82, 2.24) is 0 Å². The van der Waals surface area contributed by atoms with Crippen LogP contribution in [-0.4, -0.2) is 11.1 Å². The quantitative estimate of drug-likeness (QED) is 0.844. The maximum absolute atomic E-state index is 9.72. The maximum atomic E-state index is 9.72. The summed E-state index contributed by atoms with van der Waals surface area (Å²) < 4.78 is 1.13. The molecule has 1 aliphatic rings. The van der Waals surface area contributed by atoms with Crippen molar-refractivity contribution in [2.75, 3.05) is 5.32 Å². The highest BCUT2D eigenvalue weighted by atomic mass is 79.9. The van der Waals surface area contributed by atoms with Gasteiger partial charge in [0.25, 0.3) is 0 Å². The lowest BCUT2D eigenvalue weighted by Crippen LogP contribution is -2.33. The number of hydrogen-bond acceptors (Lipinski definition) is 2. The van der Waals surface area contributed by atoms with E-state index in [1.165, 1.54) is 5.56 Å². The summed E-state index contributed by atoms with van der Waals surface area (Å²) in [6.07, 6.45) is 2.30. The molecule has 0 atom stereocenters. The molecule has 1 aliphatic carbocycles.